The molecule has 5 nitrogen and oxygen atoms in total. The minimum absolute atomic E-state index is 0.0559. The van der Waals surface area contributed by atoms with E-state index >= 15 is 0 Å². The van der Waals surface area contributed by atoms with E-state index in [9.17, 15) is 0 Å². The van der Waals surface area contributed by atoms with Gasteiger partial charge in [0.15, 0.2) is 0 Å². The van der Waals surface area contributed by atoms with Crippen molar-refractivity contribution < 1.29 is 4.74 Å². The molecule has 0 radical (unpaired) electrons. The first-order valence-corrected chi connectivity index (χ1v) is 7.83. The summed E-state index contributed by atoms with van der Waals surface area (Å²) in [6.07, 6.45) is 2.36. The predicted octanol–water partition coefficient (Wildman–Crippen LogP) is 1.66. The van der Waals surface area contributed by atoms with Crippen molar-refractivity contribution in [2.24, 2.45) is 0 Å². The summed E-state index contributed by atoms with van der Waals surface area (Å²) in [6.45, 7) is 4.70. The Kier molecular flexibility index (Phi) is 4.45. The van der Waals surface area contributed by atoms with E-state index in [0.29, 0.717) is 0 Å². The van der Waals surface area contributed by atoms with E-state index < -0.39 is 0 Å². The Hall–Kier alpha value is -1.14. The Balaban J connectivity index is 1.83. The van der Waals surface area contributed by atoms with Crippen LogP contribution in [0.4, 0.5) is 5.69 Å². The Labute approximate surface area is 127 Å². The second kappa shape index (κ2) is 6.32. The molecule has 0 aromatic heterocycles. The molecule has 0 aliphatic carbocycles. The number of ether oxygens (including phenoxy) is 1. The Morgan fingerprint density at radius 3 is 2.48 bits per heavy atom. The third-order valence-corrected chi connectivity index (χ3v) is 4.60. The molecule has 21 heavy (non-hydrogen) atoms. The summed E-state index contributed by atoms with van der Waals surface area (Å²) in [5.41, 5.74) is 4.77. The molecule has 0 bridgehead atoms. The van der Waals surface area contributed by atoms with Gasteiger partial charge < -0.3 is 10.2 Å². The zero-order valence-corrected chi connectivity index (χ0v) is 13.1. The Morgan fingerprint density at radius 2 is 1.81 bits per heavy atom. The molecule has 0 spiro atoms. The van der Waals surface area contributed by atoms with Crippen molar-refractivity contribution in [2.45, 2.75) is 18.6 Å². The minimum Gasteiger partial charge on any atom is -0.379 e. The van der Waals surface area contributed by atoms with Crippen molar-refractivity contribution in [3.63, 3.8) is 0 Å². The maximum Gasteiger partial charge on any atom is 0.147 e. The SMILES string of the molecule is CN(C)C1(N2CCOCC2)CCCN1Nc1ccccc1. The quantitative estimate of drug-likeness (QED) is 0.911. The van der Waals surface area contributed by atoms with Gasteiger partial charge in [-0.05, 0) is 39.1 Å². The van der Waals surface area contributed by atoms with Crippen molar-refractivity contribution in [1.82, 2.24) is 14.8 Å². The molecule has 2 aliphatic rings. The third-order valence-electron chi connectivity index (χ3n) is 4.60. The zero-order valence-electron chi connectivity index (χ0n) is 13.1. The van der Waals surface area contributed by atoms with Crippen LogP contribution in [0.25, 0.3) is 0 Å². The van der Waals surface area contributed by atoms with E-state index in [-0.39, 0.29) is 5.79 Å². The third kappa shape index (κ3) is 2.79. The molecule has 2 saturated heterocycles. The fourth-order valence-electron chi connectivity index (χ4n) is 3.60. The molecular weight excluding hydrogens is 264 g/mol. The lowest BCUT2D eigenvalue weighted by Crippen LogP contribution is -2.68. The van der Waals surface area contributed by atoms with Crippen LogP contribution in [-0.4, -0.2) is 67.5 Å². The van der Waals surface area contributed by atoms with E-state index in [0.717, 1.165) is 45.0 Å². The maximum absolute atomic E-state index is 5.54. The molecular formula is C16H26N4O. The summed E-state index contributed by atoms with van der Waals surface area (Å²) < 4.78 is 5.54. The summed E-state index contributed by atoms with van der Waals surface area (Å²) in [5, 5.41) is 2.40. The van der Waals surface area contributed by atoms with Crippen LogP contribution in [0.2, 0.25) is 0 Å². The lowest BCUT2D eigenvalue weighted by Gasteiger charge is -2.52. The van der Waals surface area contributed by atoms with Crippen molar-refractivity contribution >= 4 is 5.69 Å². The largest absolute Gasteiger partial charge is 0.379 e. The highest BCUT2D eigenvalue weighted by Crippen LogP contribution is 2.35. The van der Waals surface area contributed by atoms with Crippen LogP contribution in [0.3, 0.4) is 0 Å². The Bertz CT molecular complexity index is 447. The van der Waals surface area contributed by atoms with Gasteiger partial charge in [-0.1, -0.05) is 18.2 Å². The molecule has 0 amide bonds. The smallest absolute Gasteiger partial charge is 0.147 e. The number of rotatable bonds is 4. The number of hydrazine groups is 1. The summed E-state index contributed by atoms with van der Waals surface area (Å²) in [4.78, 5) is 4.90. The second-order valence-electron chi connectivity index (χ2n) is 6.00. The van der Waals surface area contributed by atoms with E-state index in [2.05, 4.69) is 64.7 Å². The molecule has 2 fully saturated rings. The highest BCUT2D eigenvalue weighted by atomic mass is 16.5. The first kappa shape index (κ1) is 14.8. The van der Waals surface area contributed by atoms with Crippen LogP contribution in [-0.2, 0) is 4.74 Å². The average Bonchev–Trinajstić information content (AvgIpc) is 2.94. The van der Waals surface area contributed by atoms with Gasteiger partial charge in [0.2, 0.25) is 0 Å². The monoisotopic (exact) mass is 290 g/mol. The average molecular weight is 290 g/mol. The molecule has 1 aromatic carbocycles. The summed E-state index contributed by atoms with van der Waals surface area (Å²) in [5.74, 6) is -0.0559. The highest BCUT2D eigenvalue weighted by molar-refractivity contribution is 5.41. The van der Waals surface area contributed by atoms with Crippen LogP contribution >= 0.6 is 0 Å². The zero-order chi connectivity index (χ0) is 14.7. The minimum atomic E-state index is -0.0559. The van der Waals surface area contributed by atoms with Crippen LogP contribution in [0.15, 0.2) is 30.3 Å². The number of anilines is 1. The lowest BCUT2D eigenvalue weighted by atomic mass is 10.1. The number of nitrogens with zero attached hydrogens (tertiary/aromatic N) is 3. The van der Waals surface area contributed by atoms with Gasteiger partial charge in [0.05, 0.1) is 13.2 Å². The van der Waals surface area contributed by atoms with Crippen molar-refractivity contribution in [2.75, 3.05) is 52.4 Å². The topological polar surface area (TPSA) is 31.0 Å². The van der Waals surface area contributed by atoms with Gasteiger partial charge in [-0.3, -0.25) is 9.80 Å². The van der Waals surface area contributed by atoms with Crippen LogP contribution in [0, 0.1) is 0 Å². The molecule has 1 unspecified atom stereocenters. The number of hydrogen-bond donors (Lipinski definition) is 1. The predicted molar refractivity (Wildman–Crippen MR) is 84.8 cm³/mol. The first-order valence-electron chi connectivity index (χ1n) is 7.83. The molecule has 3 rings (SSSR count). The van der Waals surface area contributed by atoms with Gasteiger partial charge in [0, 0.05) is 25.3 Å². The molecule has 1 N–H and O–H groups in total. The lowest BCUT2D eigenvalue weighted by molar-refractivity contribution is -0.148. The molecule has 1 atom stereocenters. The van der Waals surface area contributed by atoms with Gasteiger partial charge in [0.1, 0.15) is 5.79 Å². The van der Waals surface area contributed by atoms with E-state index in [1.54, 1.807) is 0 Å². The van der Waals surface area contributed by atoms with E-state index in [4.69, 9.17) is 4.74 Å². The van der Waals surface area contributed by atoms with Gasteiger partial charge >= 0.3 is 0 Å². The second-order valence-corrected chi connectivity index (χ2v) is 6.00. The van der Waals surface area contributed by atoms with Crippen molar-refractivity contribution in [3.8, 4) is 0 Å². The number of para-hydroxylation sites is 1. The van der Waals surface area contributed by atoms with Crippen LogP contribution in [0.1, 0.15) is 12.8 Å². The van der Waals surface area contributed by atoms with E-state index in [1.807, 2.05) is 0 Å². The highest BCUT2D eigenvalue weighted by Gasteiger charge is 2.48. The van der Waals surface area contributed by atoms with Gasteiger partial charge in [-0.2, -0.15) is 5.01 Å². The number of benzene rings is 1. The summed E-state index contributed by atoms with van der Waals surface area (Å²) in [7, 11) is 4.36. The van der Waals surface area contributed by atoms with Crippen LogP contribution < -0.4 is 5.43 Å². The fourth-order valence-corrected chi connectivity index (χ4v) is 3.60. The molecule has 5 heteroatoms. The summed E-state index contributed by atoms with van der Waals surface area (Å²) >= 11 is 0. The number of hydrogen-bond acceptors (Lipinski definition) is 5. The first-order chi connectivity index (χ1) is 10.2. The normalized spacial score (nSPS) is 28.1. The molecule has 2 aliphatic heterocycles. The van der Waals surface area contributed by atoms with E-state index in [1.165, 1.54) is 6.42 Å². The number of morpholine rings is 1. The number of nitrogens with one attached hydrogen (secondary N) is 1. The molecule has 116 valence electrons. The molecule has 1 aromatic rings. The maximum atomic E-state index is 5.54. The Morgan fingerprint density at radius 1 is 1.10 bits per heavy atom. The standard InChI is InChI=1S/C16H26N4O/c1-18(2)16(19-11-13-21-14-12-19)9-6-10-20(16)17-15-7-4-3-5-8-15/h3-5,7-8,17H,6,9-14H2,1-2H3. The molecule has 0 saturated carbocycles. The van der Waals surface area contributed by atoms with Gasteiger partial charge in [-0.15, -0.1) is 0 Å². The van der Waals surface area contributed by atoms with Crippen LogP contribution in [0.5, 0.6) is 0 Å². The summed E-state index contributed by atoms with van der Waals surface area (Å²) in [6, 6.07) is 10.4. The van der Waals surface area contributed by atoms with Gasteiger partial charge in [0.25, 0.3) is 0 Å². The molecule has 2 heterocycles. The van der Waals surface area contributed by atoms with Crippen molar-refractivity contribution in [3.05, 3.63) is 30.3 Å². The van der Waals surface area contributed by atoms with Gasteiger partial charge in [-0.25, -0.2) is 0 Å². The van der Waals surface area contributed by atoms with Crippen molar-refractivity contribution in [1.29, 1.82) is 0 Å². The fraction of sp³-hybridized carbons (Fsp3) is 0.625.